The number of alkyl halides is 3. The third-order valence-electron chi connectivity index (χ3n) is 1.13. The number of esters is 1. The summed E-state index contributed by atoms with van der Waals surface area (Å²) in [6, 6.07) is 0. The lowest BCUT2D eigenvalue weighted by molar-refractivity contribution is -0.153. The highest BCUT2D eigenvalue weighted by atomic mass is 32.2. The van der Waals surface area contributed by atoms with Crippen LogP contribution in [0.1, 0.15) is 20.8 Å². The standard InChI is InChI=1S/C7H12F3NO4S/c1-6(2,3)15-5(12)4-11-16(13,14)7(8,9)10/h11H,4H2,1-3H3. The molecule has 9 heteroatoms. The van der Waals surface area contributed by atoms with E-state index in [2.05, 4.69) is 4.74 Å². The van der Waals surface area contributed by atoms with E-state index < -0.39 is 33.6 Å². The number of hydrogen-bond acceptors (Lipinski definition) is 4. The number of nitrogens with one attached hydrogen (secondary N) is 1. The highest BCUT2D eigenvalue weighted by Gasteiger charge is 2.45. The fourth-order valence-electron chi connectivity index (χ4n) is 0.613. The molecule has 0 aromatic carbocycles. The SMILES string of the molecule is CC(C)(C)OC(=O)CNS(=O)(=O)C(F)(F)F. The molecular weight excluding hydrogens is 251 g/mol. The summed E-state index contributed by atoms with van der Waals surface area (Å²) in [7, 11) is -5.50. The van der Waals surface area contributed by atoms with Gasteiger partial charge in [0, 0.05) is 0 Å². The fraction of sp³-hybridized carbons (Fsp3) is 0.857. The van der Waals surface area contributed by atoms with E-state index in [1.807, 2.05) is 0 Å². The highest BCUT2D eigenvalue weighted by molar-refractivity contribution is 7.90. The lowest BCUT2D eigenvalue weighted by Gasteiger charge is -2.19. The van der Waals surface area contributed by atoms with E-state index in [9.17, 15) is 26.4 Å². The molecule has 0 aromatic rings. The molecule has 0 saturated heterocycles. The van der Waals surface area contributed by atoms with Gasteiger partial charge < -0.3 is 4.74 Å². The number of halogens is 3. The van der Waals surface area contributed by atoms with Gasteiger partial charge in [-0.2, -0.15) is 17.9 Å². The monoisotopic (exact) mass is 263 g/mol. The smallest absolute Gasteiger partial charge is 0.459 e. The molecule has 1 N–H and O–H groups in total. The van der Waals surface area contributed by atoms with Crippen LogP contribution in [0.15, 0.2) is 0 Å². The molecule has 0 radical (unpaired) electrons. The summed E-state index contributed by atoms with van der Waals surface area (Å²) >= 11 is 0. The lowest BCUT2D eigenvalue weighted by Crippen LogP contribution is -2.41. The van der Waals surface area contributed by atoms with Gasteiger partial charge in [-0.3, -0.25) is 4.79 Å². The molecule has 0 aromatic heterocycles. The van der Waals surface area contributed by atoms with E-state index in [1.54, 1.807) is 0 Å². The number of carbonyl (C=O) groups is 1. The van der Waals surface area contributed by atoms with Crippen LogP contribution in [0.5, 0.6) is 0 Å². The Labute approximate surface area is 91.0 Å². The molecule has 0 rings (SSSR count). The molecular formula is C7H12F3NO4S. The van der Waals surface area contributed by atoms with Crippen molar-refractivity contribution in [2.75, 3.05) is 6.54 Å². The zero-order valence-electron chi connectivity index (χ0n) is 8.88. The second kappa shape index (κ2) is 4.58. The van der Waals surface area contributed by atoms with Gasteiger partial charge >= 0.3 is 21.5 Å². The molecule has 0 amide bonds. The van der Waals surface area contributed by atoms with E-state index in [0.29, 0.717) is 0 Å². The second-order valence-corrected chi connectivity index (χ2v) is 5.62. The summed E-state index contributed by atoms with van der Waals surface area (Å²) in [6.45, 7) is 3.45. The fourth-order valence-corrected chi connectivity index (χ4v) is 1.08. The van der Waals surface area contributed by atoms with Crippen molar-refractivity contribution in [3.8, 4) is 0 Å². The Hall–Kier alpha value is -0.830. The molecule has 5 nitrogen and oxygen atoms in total. The topological polar surface area (TPSA) is 72.5 Å². The van der Waals surface area contributed by atoms with Gasteiger partial charge in [-0.25, -0.2) is 8.42 Å². The summed E-state index contributed by atoms with van der Waals surface area (Å²) in [5.74, 6) is -1.08. The first-order valence-corrected chi connectivity index (χ1v) is 5.61. The van der Waals surface area contributed by atoms with E-state index in [1.165, 1.54) is 20.8 Å². The Kier molecular flexibility index (Phi) is 4.34. The van der Waals surface area contributed by atoms with Crippen molar-refractivity contribution >= 4 is 16.0 Å². The van der Waals surface area contributed by atoms with Crippen LogP contribution in [0.3, 0.4) is 0 Å². The summed E-state index contributed by atoms with van der Waals surface area (Å²) < 4.78 is 62.1. The molecule has 0 unspecified atom stereocenters. The Morgan fingerprint density at radius 2 is 1.69 bits per heavy atom. The van der Waals surface area contributed by atoms with Gasteiger partial charge in [-0.1, -0.05) is 0 Å². The van der Waals surface area contributed by atoms with Gasteiger partial charge in [0.15, 0.2) is 0 Å². The molecule has 0 aliphatic carbocycles. The van der Waals surface area contributed by atoms with Crippen LogP contribution in [0, 0.1) is 0 Å². The Morgan fingerprint density at radius 3 is 2.00 bits per heavy atom. The maximum atomic E-state index is 11.8. The van der Waals surface area contributed by atoms with Crippen molar-refractivity contribution in [3.63, 3.8) is 0 Å². The molecule has 0 atom stereocenters. The molecule has 0 fully saturated rings. The van der Waals surface area contributed by atoms with Gasteiger partial charge in [-0.05, 0) is 20.8 Å². The third kappa shape index (κ3) is 5.31. The minimum atomic E-state index is -5.50. The zero-order chi connectivity index (χ0) is 13.2. The predicted octanol–water partition coefficient (Wildman–Crippen LogP) is 0.767. The Morgan fingerprint density at radius 1 is 1.25 bits per heavy atom. The van der Waals surface area contributed by atoms with Gasteiger partial charge in [0.2, 0.25) is 0 Å². The molecule has 0 bridgehead atoms. The van der Waals surface area contributed by atoms with Crippen LogP contribution < -0.4 is 4.72 Å². The molecule has 96 valence electrons. The van der Waals surface area contributed by atoms with E-state index >= 15 is 0 Å². The first-order valence-electron chi connectivity index (χ1n) is 4.13. The highest BCUT2D eigenvalue weighted by Crippen LogP contribution is 2.21. The number of sulfonamides is 1. The zero-order valence-corrected chi connectivity index (χ0v) is 9.70. The number of carbonyl (C=O) groups excluding carboxylic acids is 1. The number of hydrogen-bond donors (Lipinski definition) is 1. The van der Waals surface area contributed by atoms with Gasteiger partial charge in [0.05, 0.1) is 0 Å². The minimum Gasteiger partial charge on any atom is -0.459 e. The quantitative estimate of drug-likeness (QED) is 0.763. The normalized spacial score (nSPS) is 13.6. The predicted molar refractivity (Wildman–Crippen MR) is 48.8 cm³/mol. The van der Waals surface area contributed by atoms with Gasteiger partial charge in [0.25, 0.3) is 0 Å². The second-order valence-electron chi connectivity index (χ2n) is 3.86. The molecule has 0 saturated carbocycles. The van der Waals surface area contributed by atoms with Crippen LogP contribution in [-0.2, 0) is 19.6 Å². The van der Waals surface area contributed by atoms with Crippen molar-refractivity contribution in [3.05, 3.63) is 0 Å². The number of ether oxygens (including phenoxy) is 1. The minimum absolute atomic E-state index is 0.888. The summed E-state index contributed by atoms with van der Waals surface area (Å²) in [5, 5.41) is 0. The van der Waals surface area contributed by atoms with Crippen LogP contribution in [-0.4, -0.2) is 32.0 Å². The van der Waals surface area contributed by atoms with Crippen molar-refractivity contribution in [2.24, 2.45) is 0 Å². The van der Waals surface area contributed by atoms with Gasteiger partial charge in [0.1, 0.15) is 12.1 Å². The molecule has 0 spiro atoms. The van der Waals surface area contributed by atoms with Crippen molar-refractivity contribution in [2.45, 2.75) is 31.9 Å². The Bertz CT molecular complexity index is 355. The average Bonchev–Trinajstić information content (AvgIpc) is 1.95. The summed E-state index contributed by atoms with van der Waals surface area (Å²) in [5.41, 5.74) is -6.32. The van der Waals surface area contributed by atoms with Crippen molar-refractivity contribution < 1.29 is 31.1 Å². The lowest BCUT2D eigenvalue weighted by atomic mass is 10.2. The van der Waals surface area contributed by atoms with E-state index in [0.717, 1.165) is 4.72 Å². The average molecular weight is 263 g/mol. The molecule has 0 aliphatic rings. The van der Waals surface area contributed by atoms with E-state index in [-0.39, 0.29) is 0 Å². The molecule has 0 aliphatic heterocycles. The van der Waals surface area contributed by atoms with Gasteiger partial charge in [-0.15, -0.1) is 0 Å². The van der Waals surface area contributed by atoms with Crippen molar-refractivity contribution in [1.29, 1.82) is 0 Å². The Balaban J connectivity index is 4.34. The molecule has 0 heterocycles. The molecule has 16 heavy (non-hydrogen) atoms. The van der Waals surface area contributed by atoms with Crippen molar-refractivity contribution in [1.82, 2.24) is 4.72 Å². The van der Waals surface area contributed by atoms with Crippen LogP contribution in [0.4, 0.5) is 13.2 Å². The maximum Gasteiger partial charge on any atom is 0.511 e. The summed E-state index contributed by atoms with van der Waals surface area (Å²) in [4.78, 5) is 10.9. The van der Waals surface area contributed by atoms with Crippen LogP contribution >= 0.6 is 0 Å². The first-order chi connectivity index (χ1) is 6.85. The third-order valence-corrected chi connectivity index (χ3v) is 2.27. The van der Waals surface area contributed by atoms with Crippen LogP contribution in [0.2, 0.25) is 0 Å². The largest absolute Gasteiger partial charge is 0.511 e. The van der Waals surface area contributed by atoms with E-state index in [4.69, 9.17) is 0 Å². The number of rotatable bonds is 3. The summed E-state index contributed by atoms with van der Waals surface area (Å²) in [6.07, 6.45) is 0. The maximum absolute atomic E-state index is 11.8. The first kappa shape index (κ1) is 15.2. The van der Waals surface area contributed by atoms with Crippen LogP contribution in [0.25, 0.3) is 0 Å².